The molecule has 1 aliphatic rings. The molecular formula is C16H13NS. The lowest BCUT2D eigenvalue weighted by Gasteiger charge is -2.12. The van der Waals surface area contributed by atoms with Crippen molar-refractivity contribution in [3.8, 4) is 0 Å². The molecule has 0 bridgehead atoms. The lowest BCUT2D eigenvalue weighted by molar-refractivity contribution is 1.36. The number of para-hydroxylation sites is 1. The van der Waals surface area contributed by atoms with Gasteiger partial charge in [0.05, 0.1) is 10.7 Å². The van der Waals surface area contributed by atoms with Crippen molar-refractivity contribution in [2.45, 2.75) is 5.75 Å². The summed E-state index contributed by atoms with van der Waals surface area (Å²) in [5.41, 5.74) is 3.63. The summed E-state index contributed by atoms with van der Waals surface area (Å²) in [5.74, 6) is 1.01. The summed E-state index contributed by atoms with van der Waals surface area (Å²) in [6.45, 7) is 0. The van der Waals surface area contributed by atoms with Crippen molar-refractivity contribution < 1.29 is 0 Å². The molecule has 1 aliphatic heterocycles. The van der Waals surface area contributed by atoms with Gasteiger partial charge >= 0.3 is 0 Å². The van der Waals surface area contributed by atoms with Gasteiger partial charge in [0.15, 0.2) is 0 Å². The van der Waals surface area contributed by atoms with E-state index in [0.29, 0.717) is 0 Å². The molecule has 0 aromatic heterocycles. The summed E-state index contributed by atoms with van der Waals surface area (Å²) < 4.78 is 0. The molecule has 2 aromatic carbocycles. The monoisotopic (exact) mass is 251 g/mol. The summed E-state index contributed by atoms with van der Waals surface area (Å²) in [6, 6.07) is 18.6. The van der Waals surface area contributed by atoms with Crippen LogP contribution in [0.2, 0.25) is 0 Å². The van der Waals surface area contributed by atoms with Gasteiger partial charge < -0.3 is 0 Å². The van der Waals surface area contributed by atoms with Gasteiger partial charge in [-0.05, 0) is 23.3 Å². The summed E-state index contributed by atoms with van der Waals surface area (Å²) in [4.78, 5) is 4.65. The Bertz CT molecular complexity index is 600. The standard InChI is InChI=1S/C16H13NS/c1-2-6-13(7-3-1)10-11-16-17-15-9-5-4-8-14(15)12-18-16/h1-11H,12H2. The van der Waals surface area contributed by atoms with Crippen LogP contribution in [0.4, 0.5) is 5.69 Å². The van der Waals surface area contributed by atoms with Gasteiger partial charge in [-0.1, -0.05) is 54.6 Å². The van der Waals surface area contributed by atoms with Crippen molar-refractivity contribution in [2.24, 2.45) is 4.99 Å². The van der Waals surface area contributed by atoms with Crippen LogP contribution < -0.4 is 0 Å². The second-order valence-electron chi connectivity index (χ2n) is 4.11. The van der Waals surface area contributed by atoms with Crippen molar-refractivity contribution in [3.05, 3.63) is 71.8 Å². The minimum Gasteiger partial charge on any atom is -0.242 e. The highest BCUT2D eigenvalue weighted by Gasteiger charge is 2.09. The molecule has 0 saturated carbocycles. The Morgan fingerprint density at radius 2 is 1.67 bits per heavy atom. The van der Waals surface area contributed by atoms with Gasteiger partial charge in [-0.25, -0.2) is 4.99 Å². The molecule has 1 heterocycles. The van der Waals surface area contributed by atoms with E-state index in [1.807, 2.05) is 24.3 Å². The van der Waals surface area contributed by atoms with Gasteiger partial charge in [-0.2, -0.15) is 0 Å². The molecule has 3 rings (SSSR count). The molecule has 88 valence electrons. The second-order valence-corrected chi connectivity index (χ2v) is 5.11. The zero-order valence-corrected chi connectivity index (χ0v) is 10.7. The smallest absolute Gasteiger partial charge is 0.0970 e. The molecule has 0 saturated heterocycles. The number of fused-ring (bicyclic) bond motifs is 1. The summed E-state index contributed by atoms with van der Waals surface area (Å²) >= 11 is 1.79. The quantitative estimate of drug-likeness (QED) is 0.755. The highest BCUT2D eigenvalue weighted by atomic mass is 32.2. The Morgan fingerprint density at radius 3 is 2.56 bits per heavy atom. The minimum atomic E-state index is 1.01. The lowest BCUT2D eigenvalue weighted by atomic mass is 10.2. The van der Waals surface area contributed by atoms with Crippen molar-refractivity contribution >= 4 is 28.6 Å². The Balaban J connectivity index is 1.83. The van der Waals surface area contributed by atoms with E-state index in [2.05, 4.69) is 47.5 Å². The zero-order valence-electron chi connectivity index (χ0n) is 9.91. The van der Waals surface area contributed by atoms with Crippen LogP contribution in [0.3, 0.4) is 0 Å². The van der Waals surface area contributed by atoms with Gasteiger partial charge in [0.25, 0.3) is 0 Å². The minimum absolute atomic E-state index is 1.01. The molecular weight excluding hydrogens is 238 g/mol. The third-order valence-corrected chi connectivity index (χ3v) is 3.79. The Hall–Kier alpha value is -1.80. The number of hydrogen-bond donors (Lipinski definition) is 0. The van der Waals surface area contributed by atoms with Gasteiger partial charge in [0.1, 0.15) is 0 Å². The van der Waals surface area contributed by atoms with Crippen LogP contribution in [0, 0.1) is 0 Å². The van der Waals surface area contributed by atoms with Crippen molar-refractivity contribution in [1.29, 1.82) is 0 Å². The molecule has 18 heavy (non-hydrogen) atoms. The zero-order chi connectivity index (χ0) is 12.2. The molecule has 0 fully saturated rings. The van der Waals surface area contributed by atoms with E-state index in [4.69, 9.17) is 0 Å². The van der Waals surface area contributed by atoms with Crippen LogP contribution in [0.15, 0.2) is 65.7 Å². The highest BCUT2D eigenvalue weighted by molar-refractivity contribution is 8.13. The molecule has 0 unspecified atom stereocenters. The van der Waals surface area contributed by atoms with E-state index in [0.717, 1.165) is 16.5 Å². The Labute approximate surface area is 111 Å². The first-order chi connectivity index (χ1) is 8.92. The van der Waals surface area contributed by atoms with Crippen LogP contribution >= 0.6 is 11.8 Å². The van der Waals surface area contributed by atoms with E-state index in [1.165, 1.54) is 11.1 Å². The maximum absolute atomic E-state index is 4.65. The average Bonchev–Trinajstić information content (AvgIpc) is 2.46. The average molecular weight is 251 g/mol. The van der Waals surface area contributed by atoms with Crippen LogP contribution in [0.1, 0.15) is 11.1 Å². The van der Waals surface area contributed by atoms with E-state index in [1.54, 1.807) is 11.8 Å². The summed E-state index contributed by atoms with van der Waals surface area (Å²) in [5, 5.41) is 1.08. The SMILES string of the molecule is C(=Cc1ccccc1)C1=Nc2ccccc2CS1. The van der Waals surface area contributed by atoms with Gasteiger partial charge in [0.2, 0.25) is 0 Å². The highest BCUT2D eigenvalue weighted by Crippen LogP contribution is 2.31. The molecule has 1 nitrogen and oxygen atoms in total. The van der Waals surface area contributed by atoms with Crippen LogP contribution in [-0.4, -0.2) is 5.04 Å². The third-order valence-electron chi connectivity index (χ3n) is 2.82. The predicted octanol–water partition coefficient (Wildman–Crippen LogP) is 4.68. The van der Waals surface area contributed by atoms with Gasteiger partial charge in [0, 0.05) is 5.75 Å². The van der Waals surface area contributed by atoms with Crippen molar-refractivity contribution in [3.63, 3.8) is 0 Å². The summed E-state index contributed by atoms with van der Waals surface area (Å²) in [7, 11) is 0. The molecule has 0 aliphatic carbocycles. The van der Waals surface area contributed by atoms with Gasteiger partial charge in [-0.15, -0.1) is 11.8 Å². The van der Waals surface area contributed by atoms with E-state index >= 15 is 0 Å². The number of thioether (sulfide) groups is 1. The lowest BCUT2D eigenvalue weighted by Crippen LogP contribution is -1.95. The molecule has 2 aromatic rings. The summed E-state index contributed by atoms with van der Waals surface area (Å²) in [6.07, 6.45) is 4.20. The molecule has 0 amide bonds. The number of hydrogen-bond acceptors (Lipinski definition) is 2. The van der Waals surface area contributed by atoms with Gasteiger partial charge in [-0.3, -0.25) is 0 Å². The Kier molecular flexibility index (Phi) is 3.29. The molecule has 0 spiro atoms. The first kappa shape index (κ1) is 11.3. The second kappa shape index (κ2) is 5.23. The van der Waals surface area contributed by atoms with E-state index in [9.17, 15) is 0 Å². The van der Waals surface area contributed by atoms with Crippen LogP contribution in [-0.2, 0) is 5.75 Å². The normalized spacial score (nSPS) is 14.3. The number of nitrogens with zero attached hydrogens (tertiary/aromatic N) is 1. The molecule has 0 N–H and O–H groups in total. The van der Waals surface area contributed by atoms with Crippen molar-refractivity contribution in [1.82, 2.24) is 0 Å². The topological polar surface area (TPSA) is 12.4 Å². The van der Waals surface area contributed by atoms with E-state index in [-0.39, 0.29) is 0 Å². The first-order valence-electron chi connectivity index (χ1n) is 5.94. The van der Waals surface area contributed by atoms with Crippen LogP contribution in [0.5, 0.6) is 0 Å². The number of aliphatic imine (C=N–C) groups is 1. The van der Waals surface area contributed by atoms with E-state index < -0.39 is 0 Å². The molecule has 2 heteroatoms. The molecule has 0 atom stereocenters. The fraction of sp³-hybridized carbons (Fsp3) is 0.0625. The predicted molar refractivity (Wildman–Crippen MR) is 80.3 cm³/mol. The maximum Gasteiger partial charge on any atom is 0.0970 e. The number of benzene rings is 2. The largest absolute Gasteiger partial charge is 0.242 e. The van der Waals surface area contributed by atoms with Crippen LogP contribution in [0.25, 0.3) is 6.08 Å². The maximum atomic E-state index is 4.65. The first-order valence-corrected chi connectivity index (χ1v) is 6.93. The third kappa shape index (κ3) is 2.54. The van der Waals surface area contributed by atoms with Crippen molar-refractivity contribution in [2.75, 3.05) is 0 Å². The fourth-order valence-corrected chi connectivity index (χ4v) is 2.74. The fourth-order valence-electron chi connectivity index (χ4n) is 1.86. The molecule has 0 radical (unpaired) electrons. The Morgan fingerprint density at radius 1 is 0.889 bits per heavy atom. The number of rotatable bonds is 2.